The quantitative estimate of drug-likeness (QED) is 0.905. The Balaban J connectivity index is 1.74. The molecule has 3 N–H and O–H groups in total. The fraction of sp³-hybridized carbons (Fsp3) is 0.438. The molecule has 2 heterocycles. The molecule has 0 bridgehead atoms. The minimum atomic E-state index is -0.464. The van der Waals surface area contributed by atoms with Crippen molar-refractivity contribution in [3.05, 3.63) is 41.7 Å². The van der Waals surface area contributed by atoms with Crippen molar-refractivity contribution in [1.82, 2.24) is 9.97 Å². The summed E-state index contributed by atoms with van der Waals surface area (Å²) >= 11 is 0. The van der Waals surface area contributed by atoms with Gasteiger partial charge < -0.3 is 15.5 Å². The van der Waals surface area contributed by atoms with Gasteiger partial charge in [0.05, 0.1) is 11.3 Å². The molecule has 22 heavy (non-hydrogen) atoms. The summed E-state index contributed by atoms with van der Waals surface area (Å²) in [5.41, 5.74) is 6.79. The number of anilines is 1. The molecule has 1 saturated carbocycles. The minimum Gasteiger partial charge on any atom is -0.448 e. The zero-order valence-electron chi connectivity index (χ0n) is 12.6. The van der Waals surface area contributed by atoms with Crippen molar-refractivity contribution in [3.8, 4) is 0 Å². The van der Waals surface area contributed by atoms with Crippen LogP contribution in [0, 0.1) is 6.92 Å². The summed E-state index contributed by atoms with van der Waals surface area (Å²) < 4.78 is 5.54. The maximum absolute atomic E-state index is 11.5. The van der Waals surface area contributed by atoms with Gasteiger partial charge >= 0.3 is 0 Å². The first-order valence-electron chi connectivity index (χ1n) is 7.56. The topological polar surface area (TPSA) is 94.0 Å². The van der Waals surface area contributed by atoms with E-state index in [4.69, 9.17) is 10.2 Å². The molecule has 0 aliphatic heterocycles. The number of nitrogens with one attached hydrogen (secondary N) is 1. The SMILES string of the molecule is Cc1ncoc1[C@@H]1CCC[C@@H](Nc2ncccc2C(N)=O)C1. The lowest BCUT2D eigenvalue weighted by molar-refractivity contribution is 0.100. The van der Waals surface area contributed by atoms with Gasteiger partial charge in [-0.05, 0) is 38.3 Å². The van der Waals surface area contributed by atoms with Crippen LogP contribution in [0.3, 0.4) is 0 Å². The highest BCUT2D eigenvalue weighted by atomic mass is 16.3. The Hall–Kier alpha value is -2.37. The van der Waals surface area contributed by atoms with Gasteiger partial charge in [-0.25, -0.2) is 9.97 Å². The predicted octanol–water partition coefficient (Wildman–Crippen LogP) is 2.62. The number of oxazole rings is 1. The molecule has 6 nitrogen and oxygen atoms in total. The van der Waals surface area contributed by atoms with E-state index < -0.39 is 5.91 Å². The van der Waals surface area contributed by atoms with Crippen molar-refractivity contribution < 1.29 is 9.21 Å². The lowest BCUT2D eigenvalue weighted by Crippen LogP contribution is -2.28. The van der Waals surface area contributed by atoms with E-state index in [1.54, 1.807) is 18.3 Å². The largest absolute Gasteiger partial charge is 0.448 e. The van der Waals surface area contributed by atoms with Gasteiger partial charge in [-0.3, -0.25) is 4.79 Å². The number of nitrogens with two attached hydrogens (primary N) is 1. The van der Waals surface area contributed by atoms with Crippen LogP contribution in [0.1, 0.15) is 53.4 Å². The highest BCUT2D eigenvalue weighted by Gasteiger charge is 2.27. The molecule has 1 aliphatic carbocycles. The molecule has 0 unspecified atom stereocenters. The normalized spacial score (nSPS) is 21.5. The van der Waals surface area contributed by atoms with Crippen molar-refractivity contribution in [1.29, 1.82) is 0 Å². The second kappa shape index (κ2) is 6.17. The third kappa shape index (κ3) is 2.95. The highest BCUT2D eigenvalue weighted by Crippen LogP contribution is 2.35. The Morgan fingerprint density at radius 2 is 2.27 bits per heavy atom. The summed E-state index contributed by atoms with van der Waals surface area (Å²) in [6.07, 6.45) is 7.34. The van der Waals surface area contributed by atoms with E-state index in [1.807, 2.05) is 6.92 Å². The van der Waals surface area contributed by atoms with Crippen LogP contribution in [0.2, 0.25) is 0 Å². The Kier molecular flexibility index (Phi) is 4.09. The molecular formula is C16H20N4O2. The van der Waals surface area contributed by atoms with E-state index in [0.717, 1.165) is 37.1 Å². The summed E-state index contributed by atoms with van der Waals surface area (Å²) in [6, 6.07) is 3.65. The molecule has 0 radical (unpaired) electrons. The van der Waals surface area contributed by atoms with E-state index in [1.165, 1.54) is 6.39 Å². The van der Waals surface area contributed by atoms with Crippen LogP contribution in [0.5, 0.6) is 0 Å². The molecule has 1 amide bonds. The molecule has 0 saturated heterocycles. The van der Waals surface area contributed by atoms with Crippen LogP contribution in [-0.2, 0) is 0 Å². The molecular weight excluding hydrogens is 280 g/mol. The average Bonchev–Trinajstić information content (AvgIpc) is 2.94. The standard InChI is InChI=1S/C16H20N4O2/c1-10-14(22-9-19-10)11-4-2-5-12(8-11)20-16-13(15(17)21)6-3-7-18-16/h3,6-7,9,11-12H,2,4-5,8H2,1H3,(H2,17,21)(H,18,20)/t11-,12-/m1/s1. The van der Waals surface area contributed by atoms with Gasteiger partial charge in [-0.15, -0.1) is 0 Å². The maximum atomic E-state index is 11.5. The van der Waals surface area contributed by atoms with Gasteiger partial charge in [0.2, 0.25) is 0 Å². The zero-order chi connectivity index (χ0) is 15.5. The summed E-state index contributed by atoms with van der Waals surface area (Å²) in [6.45, 7) is 1.97. The van der Waals surface area contributed by atoms with Crippen LogP contribution in [0.15, 0.2) is 29.1 Å². The Morgan fingerprint density at radius 3 is 3.00 bits per heavy atom. The fourth-order valence-electron chi connectivity index (χ4n) is 3.17. The molecule has 2 aromatic rings. The van der Waals surface area contributed by atoms with E-state index in [2.05, 4.69) is 15.3 Å². The number of carbonyl (C=O) groups excluding carboxylic acids is 1. The minimum absolute atomic E-state index is 0.247. The first-order valence-corrected chi connectivity index (χ1v) is 7.56. The average molecular weight is 300 g/mol. The molecule has 6 heteroatoms. The molecule has 3 rings (SSSR count). The lowest BCUT2D eigenvalue weighted by Gasteiger charge is -2.29. The predicted molar refractivity (Wildman–Crippen MR) is 82.6 cm³/mol. The lowest BCUT2D eigenvalue weighted by atomic mass is 9.83. The second-order valence-electron chi connectivity index (χ2n) is 5.77. The van der Waals surface area contributed by atoms with Gasteiger partial charge in [0.15, 0.2) is 6.39 Å². The molecule has 2 aromatic heterocycles. The van der Waals surface area contributed by atoms with E-state index in [9.17, 15) is 4.79 Å². The summed E-state index contributed by atoms with van der Waals surface area (Å²) in [5.74, 6) is 1.43. The van der Waals surface area contributed by atoms with Crippen molar-refractivity contribution in [2.75, 3.05) is 5.32 Å². The molecule has 0 aromatic carbocycles. The van der Waals surface area contributed by atoms with Crippen LogP contribution in [0.4, 0.5) is 5.82 Å². The number of amides is 1. The van der Waals surface area contributed by atoms with E-state index in [0.29, 0.717) is 17.3 Å². The number of nitrogens with zero attached hydrogens (tertiary/aromatic N) is 2. The smallest absolute Gasteiger partial charge is 0.252 e. The monoisotopic (exact) mass is 300 g/mol. The van der Waals surface area contributed by atoms with Crippen LogP contribution >= 0.6 is 0 Å². The maximum Gasteiger partial charge on any atom is 0.252 e. The van der Waals surface area contributed by atoms with Crippen LogP contribution in [0.25, 0.3) is 0 Å². The van der Waals surface area contributed by atoms with Crippen molar-refractivity contribution in [2.45, 2.75) is 44.6 Å². The number of primary amides is 1. The third-order valence-electron chi connectivity index (χ3n) is 4.24. The number of rotatable bonds is 4. The number of carbonyl (C=O) groups is 1. The third-order valence-corrected chi connectivity index (χ3v) is 4.24. The van der Waals surface area contributed by atoms with Gasteiger partial charge in [-0.1, -0.05) is 6.42 Å². The van der Waals surface area contributed by atoms with Crippen molar-refractivity contribution in [2.24, 2.45) is 5.73 Å². The number of hydrogen-bond donors (Lipinski definition) is 2. The molecule has 1 aliphatic rings. The van der Waals surface area contributed by atoms with Crippen molar-refractivity contribution >= 4 is 11.7 Å². The van der Waals surface area contributed by atoms with Crippen LogP contribution in [-0.4, -0.2) is 21.9 Å². The fourth-order valence-corrected chi connectivity index (χ4v) is 3.17. The second-order valence-corrected chi connectivity index (χ2v) is 5.77. The number of aromatic nitrogens is 2. The first-order chi connectivity index (χ1) is 10.6. The van der Waals surface area contributed by atoms with Gasteiger partial charge in [0.1, 0.15) is 11.6 Å². The Morgan fingerprint density at radius 1 is 1.41 bits per heavy atom. The van der Waals surface area contributed by atoms with Gasteiger partial charge in [0.25, 0.3) is 5.91 Å². The molecule has 0 spiro atoms. The summed E-state index contributed by atoms with van der Waals surface area (Å²) in [5, 5.41) is 3.37. The number of hydrogen-bond acceptors (Lipinski definition) is 5. The van der Waals surface area contributed by atoms with E-state index >= 15 is 0 Å². The van der Waals surface area contributed by atoms with Crippen LogP contribution < -0.4 is 11.1 Å². The molecule has 2 atom stereocenters. The molecule has 116 valence electrons. The Bertz CT molecular complexity index is 668. The number of pyridine rings is 1. The number of aryl methyl sites for hydroxylation is 1. The first kappa shape index (κ1) is 14.6. The molecule has 1 fully saturated rings. The Labute approximate surface area is 129 Å². The zero-order valence-corrected chi connectivity index (χ0v) is 12.6. The van der Waals surface area contributed by atoms with Gasteiger partial charge in [0, 0.05) is 18.2 Å². The summed E-state index contributed by atoms with van der Waals surface area (Å²) in [7, 11) is 0. The van der Waals surface area contributed by atoms with Gasteiger partial charge in [-0.2, -0.15) is 0 Å². The van der Waals surface area contributed by atoms with Crippen molar-refractivity contribution in [3.63, 3.8) is 0 Å². The van der Waals surface area contributed by atoms with E-state index in [-0.39, 0.29) is 6.04 Å². The summed E-state index contributed by atoms with van der Waals surface area (Å²) in [4.78, 5) is 19.9. The highest BCUT2D eigenvalue weighted by molar-refractivity contribution is 5.97.